The molecule has 1 aliphatic heterocycles. The number of aliphatic imine (C=N–C) groups is 1. The lowest BCUT2D eigenvalue weighted by Crippen LogP contribution is -2.40. The maximum atomic E-state index is 13.3. The van der Waals surface area contributed by atoms with Crippen LogP contribution in [0.1, 0.15) is 69.0 Å². The molecule has 2 aromatic rings. The summed E-state index contributed by atoms with van der Waals surface area (Å²) in [6.07, 6.45) is 32.4. The summed E-state index contributed by atoms with van der Waals surface area (Å²) in [5.74, 6) is 3.90. The number of nitrogens with one attached hydrogen (secondary N) is 2. The van der Waals surface area contributed by atoms with Crippen LogP contribution < -0.4 is 16.4 Å². The monoisotopic (exact) mass is 683 g/mol. The lowest BCUT2D eigenvalue weighted by molar-refractivity contribution is 0.205. The predicted octanol–water partition coefficient (Wildman–Crippen LogP) is 8.16. The van der Waals surface area contributed by atoms with Gasteiger partial charge < -0.3 is 21.3 Å². The maximum absolute atomic E-state index is 13.3. The lowest BCUT2D eigenvalue weighted by Gasteiger charge is -2.32. The van der Waals surface area contributed by atoms with Crippen molar-refractivity contribution in [3.05, 3.63) is 113 Å². The van der Waals surface area contributed by atoms with E-state index in [0.29, 0.717) is 30.0 Å². The number of likely N-dealkylation sites (tertiary alicyclic amines) is 1. The van der Waals surface area contributed by atoms with E-state index in [1.54, 1.807) is 13.4 Å². The summed E-state index contributed by atoms with van der Waals surface area (Å²) < 4.78 is 0. The van der Waals surface area contributed by atoms with Crippen molar-refractivity contribution in [3.63, 3.8) is 0 Å². The van der Waals surface area contributed by atoms with Crippen LogP contribution in [0.3, 0.4) is 0 Å². The van der Waals surface area contributed by atoms with Gasteiger partial charge in [-0.05, 0) is 142 Å². The van der Waals surface area contributed by atoms with Gasteiger partial charge in [0.1, 0.15) is 12.1 Å². The van der Waals surface area contributed by atoms with Gasteiger partial charge in [-0.2, -0.15) is 0 Å². The third-order valence-corrected chi connectivity index (χ3v) is 11.6. The molecule has 0 bridgehead atoms. The van der Waals surface area contributed by atoms with Gasteiger partial charge in [0.15, 0.2) is 0 Å². The van der Waals surface area contributed by atoms with Gasteiger partial charge >= 0.3 is 6.03 Å². The summed E-state index contributed by atoms with van der Waals surface area (Å²) in [4.78, 5) is 29.6. The van der Waals surface area contributed by atoms with Crippen molar-refractivity contribution in [2.24, 2.45) is 34.6 Å². The molecule has 8 nitrogen and oxygen atoms in total. The van der Waals surface area contributed by atoms with Gasteiger partial charge in [-0.25, -0.2) is 14.8 Å². The Labute approximate surface area is 303 Å². The minimum Gasteiger partial charge on any atom is -0.383 e. The third-order valence-electron chi connectivity index (χ3n) is 11.6. The average molecular weight is 684 g/mol. The molecule has 4 atom stereocenters. The van der Waals surface area contributed by atoms with Crippen LogP contribution >= 0.6 is 0 Å². The van der Waals surface area contributed by atoms with Crippen molar-refractivity contribution >= 4 is 29.3 Å². The fourth-order valence-electron chi connectivity index (χ4n) is 8.53. The van der Waals surface area contributed by atoms with E-state index >= 15 is 0 Å². The third kappa shape index (κ3) is 8.67. The SMILES string of the molecule is CN=C(C1=CCC=C(C(NC(=O)Nc2ccccc2)C2=CC3CC3C=C2)C=C1)c1c(N)ncnc1C=CC1CCC(C2CCCN(C)CC2)CC1. The number of carbonyl (C=O) groups is 1. The molecule has 4 aliphatic carbocycles. The molecule has 2 amide bonds. The molecule has 4 unspecified atom stereocenters. The van der Waals surface area contributed by atoms with Crippen molar-refractivity contribution in [1.82, 2.24) is 20.2 Å². The van der Waals surface area contributed by atoms with E-state index in [0.717, 1.165) is 51.2 Å². The average Bonchev–Trinajstić information content (AvgIpc) is 3.98. The zero-order chi connectivity index (χ0) is 35.2. The summed E-state index contributed by atoms with van der Waals surface area (Å²) in [5.41, 5.74) is 12.8. The van der Waals surface area contributed by atoms with Crippen LogP contribution in [0.5, 0.6) is 0 Å². The van der Waals surface area contributed by atoms with Gasteiger partial charge in [0.2, 0.25) is 0 Å². The van der Waals surface area contributed by atoms with Crippen LogP contribution in [-0.4, -0.2) is 59.8 Å². The molecule has 2 heterocycles. The molecule has 4 N–H and O–H groups in total. The first-order chi connectivity index (χ1) is 24.9. The highest BCUT2D eigenvalue weighted by atomic mass is 16.2. The summed E-state index contributed by atoms with van der Waals surface area (Å²) >= 11 is 0. The highest BCUT2D eigenvalue weighted by molar-refractivity contribution is 6.18. The van der Waals surface area contributed by atoms with E-state index < -0.39 is 0 Å². The Morgan fingerprint density at radius 1 is 0.961 bits per heavy atom. The number of benzene rings is 1. The second-order valence-electron chi connectivity index (χ2n) is 15.0. The smallest absolute Gasteiger partial charge is 0.319 e. The molecule has 1 saturated heterocycles. The van der Waals surface area contributed by atoms with Gasteiger partial charge in [-0.15, -0.1) is 0 Å². The van der Waals surface area contributed by atoms with Crippen LogP contribution in [0.25, 0.3) is 6.08 Å². The number of nitrogens with two attached hydrogens (primary N) is 1. The second kappa shape index (κ2) is 16.2. The Bertz CT molecular complexity index is 1780. The molecular formula is C43H53N7O. The Balaban J connectivity index is 1.05. The number of para-hydroxylation sites is 1. The van der Waals surface area contributed by atoms with Gasteiger partial charge in [-0.1, -0.05) is 66.8 Å². The van der Waals surface area contributed by atoms with Crippen LogP contribution in [0.15, 0.2) is 107 Å². The van der Waals surface area contributed by atoms with E-state index in [2.05, 4.69) is 82.2 Å². The number of allylic oxidation sites excluding steroid dienone is 7. The van der Waals surface area contributed by atoms with E-state index in [4.69, 9.17) is 15.7 Å². The number of nitrogen functional groups attached to an aromatic ring is 1. The largest absolute Gasteiger partial charge is 0.383 e. The number of amides is 2. The number of nitrogens with zero attached hydrogens (tertiary/aromatic N) is 4. The summed E-state index contributed by atoms with van der Waals surface area (Å²) in [6, 6.07) is 9.02. The molecule has 1 aromatic heterocycles. The Kier molecular flexibility index (Phi) is 11.1. The number of urea groups is 1. The maximum Gasteiger partial charge on any atom is 0.319 e. The number of fused-ring (bicyclic) bond motifs is 1. The molecule has 5 aliphatic rings. The standard InChI is InChI=1S/C43H53N7O/c1-45-41(39-38(46-28-47-42(39)44)22-15-29-13-16-31(17-14-29)30-10-7-24-50(2)25-23-30)33-9-6-8-32(18-19-33)40(35-21-20-34-26-36(34)27-35)49-43(51)48-37-11-4-3-5-12-37/h3-5,8-9,11-12,15,18-22,27-31,34,36,40H,6-7,10,13-14,16-17,23-26H2,1-2H3,(H2,44,46,47)(H2,48,49,51). The minimum atomic E-state index is -0.292. The molecule has 266 valence electrons. The first kappa shape index (κ1) is 34.9. The van der Waals surface area contributed by atoms with Crippen molar-refractivity contribution < 1.29 is 4.79 Å². The Hall–Kier alpha value is -4.56. The van der Waals surface area contributed by atoms with Crippen LogP contribution in [0.4, 0.5) is 16.3 Å². The highest BCUT2D eigenvalue weighted by Crippen LogP contribution is 2.45. The second-order valence-corrected chi connectivity index (χ2v) is 15.0. The van der Waals surface area contributed by atoms with Crippen LogP contribution in [0, 0.1) is 29.6 Å². The number of hydrogen-bond acceptors (Lipinski definition) is 6. The Morgan fingerprint density at radius 2 is 1.78 bits per heavy atom. The van der Waals surface area contributed by atoms with Crippen LogP contribution in [-0.2, 0) is 0 Å². The van der Waals surface area contributed by atoms with E-state index in [1.165, 1.54) is 64.5 Å². The first-order valence-electron chi connectivity index (χ1n) is 19.0. The number of rotatable bonds is 9. The first-order valence-corrected chi connectivity index (χ1v) is 19.0. The fraction of sp³-hybridized carbons (Fsp3) is 0.442. The fourth-order valence-corrected chi connectivity index (χ4v) is 8.53. The van der Waals surface area contributed by atoms with Gasteiger partial charge in [-0.3, -0.25) is 4.99 Å². The highest BCUT2D eigenvalue weighted by Gasteiger charge is 2.37. The zero-order valence-electron chi connectivity index (χ0n) is 30.2. The molecule has 2 saturated carbocycles. The van der Waals surface area contributed by atoms with Crippen molar-refractivity contribution in [2.45, 2.75) is 63.8 Å². The molecule has 0 radical (unpaired) electrons. The van der Waals surface area contributed by atoms with Gasteiger partial charge in [0.05, 0.1) is 23.0 Å². The molecule has 7 rings (SSSR count). The molecule has 51 heavy (non-hydrogen) atoms. The van der Waals surface area contributed by atoms with Crippen LogP contribution in [0.2, 0.25) is 0 Å². The topological polar surface area (TPSA) is 109 Å². The minimum absolute atomic E-state index is 0.239. The number of aromatic nitrogens is 2. The zero-order valence-corrected chi connectivity index (χ0v) is 30.2. The van der Waals surface area contributed by atoms with E-state index in [9.17, 15) is 4.79 Å². The van der Waals surface area contributed by atoms with E-state index in [1.807, 2.05) is 30.3 Å². The van der Waals surface area contributed by atoms with Crippen molar-refractivity contribution in [1.29, 1.82) is 0 Å². The molecule has 8 heteroatoms. The Morgan fingerprint density at radius 3 is 2.59 bits per heavy atom. The van der Waals surface area contributed by atoms with Gasteiger partial charge in [0, 0.05) is 12.7 Å². The predicted molar refractivity (Wildman–Crippen MR) is 209 cm³/mol. The summed E-state index contributed by atoms with van der Waals surface area (Å²) in [6.45, 7) is 2.49. The summed E-state index contributed by atoms with van der Waals surface area (Å²) in [7, 11) is 4.07. The lowest BCUT2D eigenvalue weighted by atomic mass is 9.73. The van der Waals surface area contributed by atoms with Gasteiger partial charge in [0.25, 0.3) is 0 Å². The molecular weight excluding hydrogens is 631 g/mol. The normalized spacial score (nSPS) is 27.4. The quantitative estimate of drug-likeness (QED) is 0.231. The molecule has 3 fully saturated rings. The van der Waals surface area contributed by atoms with Crippen molar-refractivity contribution in [2.75, 3.05) is 38.2 Å². The summed E-state index contributed by atoms with van der Waals surface area (Å²) in [5, 5.41) is 6.25. The molecule has 0 spiro atoms. The number of carbonyl (C=O) groups excluding carboxylic acids is 1. The molecule has 1 aromatic carbocycles. The number of hydrogen-bond donors (Lipinski definition) is 3. The van der Waals surface area contributed by atoms with E-state index in [-0.39, 0.29) is 12.1 Å². The number of anilines is 2. The van der Waals surface area contributed by atoms with Crippen molar-refractivity contribution in [3.8, 4) is 0 Å².